The summed E-state index contributed by atoms with van der Waals surface area (Å²) in [6.45, 7) is -2.46. The van der Waals surface area contributed by atoms with Crippen molar-refractivity contribution in [1.29, 1.82) is 0 Å². The van der Waals surface area contributed by atoms with Crippen molar-refractivity contribution in [3.05, 3.63) is 59.7 Å². The topological polar surface area (TPSA) is 47.7 Å². The highest BCUT2D eigenvalue weighted by molar-refractivity contribution is 5.43. The van der Waals surface area contributed by atoms with Crippen LogP contribution in [0.1, 0.15) is 30.4 Å². The molecular weight excluding hydrogens is 438 g/mol. The molecular formula is C22H24F6N2O2. The maximum absolute atomic E-state index is 12.8. The lowest BCUT2D eigenvalue weighted by molar-refractivity contribution is -0.154. The van der Waals surface area contributed by atoms with Gasteiger partial charge in [0.1, 0.15) is 11.5 Å². The number of hydrogen-bond donors (Lipinski definition) is 1. The lowest BCUT2D eigenvalue weighted by Crippen LogP contribution is -2.54. The van der Waals surface area contributed by atoms with Crippen molar-refractivity contribution in [2.45, 2.75) is 43.6 Å². The first kappa shape index (κ1) is 24.2. The Morgan fingerprint density at radius 2 is 1.53 bits per heavy atom. The van der Waals surface area contributed by atoms with Crippen LogP contribution in [-0.4, -0.2) is 37.1 Å². The summed E-state index contributed by atoms with van der Waals surface area (Å²) >= 11 is 0. The Kier molecular flexibility index (Phi) is 7.24. The zero-order valence-electron chi connectivity index (χ0n) is 17.2. The molecule has 3 rings (SSSR count). The summed E-state index contributed by atoms with van der Waals surface area (Å²) in [7, 11) is 0. The van der Waals surface area contributed by atoms with Crippen LogP contribution in [0.25, 0.3) is 0 Å². The first-order chi connectivity index (χ1) is 15.0. The van der Waals surface area contributed by atoms with Crippen LogP contribution in [0.3, 0.4) is 0 Å². The number of alkyl halides is 6. The Labute approximate surface area is 181 Å². The normalized spacial score (nSPS) is 20.2. The molecule has 0 bridgehead atoms. The monoisotopic (exact) mass is 462 g/mol. The van der Waals surface area contributed by atoms with Crippen LogP contribution in [0.2, 0.25) is 0 Å². The molecule has 1 saturated heterocycles. The Morgan fingerprint density at radius 1 is 0.875 bits per heavy atom. The molecule has 1 aliphatic rings. The van der Waals surface area contributed by atoms with E-state index in [0.29, 0.717) is 13.0 Å². The minimum atomic E-state index is -4.56. The lowest BCUT2D eigenvalue weighted by atomic mass is 9.77. The van der Waals surface area contributed by atoms with Gasteiger partial charge in [0, 0.05) is 18.5 Å². The van der Waals surface area contributed by atoms with E-state index < -0.39 is 31.1 Å². The van der Waals surface area contributed by atoms with Gasteiger partial charge in [-0.15, -0.1) is 0 Å². The summed E-state index contributed by atoms with van der Waals surface area (Å²) in [5.74, 6) is 6.19. The van der Waals surface area contributed by atoms with Gasteiger partial charge >= 0.3 is 12.4 Å². The predicted molar refractivity (Wildman–Crippen MR) is 106 cm³/mol. The van der Waals surface area contributed by atoms with Gasteiger partial charge < -0.3 is 9.47 Å². The van der Waals surface area contributed by atoms with Gasteiger partial charge in [0.05, 0.1) is 5.54 Å². The molecule has 0 spiro atoms. The van der Waals surface area contributed by atoms with E-state index in [9.17, 15) is 26.3 Å². The van der Waals surface area contributed by atoms with Crippen LogP contribution in [-0.2, 0) is 12.0 Å². The molecule has 0 aromatic heterocycles. The fourth-order valence-electron chi connectivity index (χ4n) is 3.97. The first-order valence-electron chi connectivity index (χ1n) is 10.1. The molecule has 10 heteroatoms. The number of hydrazine groups is 1. The molecule has 32 heavy (non-hydrogen) atoms. The number of rotatable bonds is 7. The van der Waals surface area contributed by atoms with E-state index in [-0.39, 0.29) is 23.5 Å². The van der Waals surface area contributed by atoms with Crippen LogP contribution < -0.4 is 15.3 Å². The SMILES string of the molecule is NN1CCCCC1(Cc1cc(OCC(F)(F)F)ccc1OCC(F)(F)F)c1ccccc1. The first-order valence-corrected chi connectivity index (χ1v) is 10.1. The molecule has 0 radical (unpaired) electrons. The van der Waals surface area contributed by atoms with Gasteiger partial charge in [-0.2, -0.15) is 26.3 Å². The number of ether oxygens (including phenoxy) is 2. The second kappa shape index (κ2) is 9.58. The molecule has 0 aliphatic carbocycles. The molecule has 0 saturated carbocycles. The standard InChI is InChI=1S/C22H24F6N2O2/c23-21(24,25)14-31-18-8-9-19(32-15-22(26,27)28)16(12-18)13-20(10-4-5-11-30(20)29)17-6-2-1-3-7-17/h1-3,6-9,12H,4-5,10-11,13-15,29H2. The number of piperidine rings is 1. The van der Waals surface area contributed by atoms with E-state index in [0.717, 1.165) is 24.5 Å². The van der Waals surface area contributed by atoms with E-state index in [1.54, 1.807) is 5.01 Å². The Morgan fingerprint density at radius 3 is 2.16 bits per heavy atom. The van der Waals surface area contributed by atoms with E-state index in [4.69, 9.17) is 15.3 Å². The van der Waals surface area contributed by atoms with Crippen LogP contribution >= 0.6 is 0 Å². The fourth-order valence-corrected chi connectivity index (χ4v) is 3.97. The van der Waals surface area contributed by atoms with Gasteiger partial charge in [-0.3, -0.25) is 5.84 Å². The second-order valence-corrected chi connectivity index (χ2v) is 7.80. The van der Waals surface area contributed by atoms with Crippen molar-refractivity contribution in [2.75, 3.05) is 19.8 Å². The van der Waals surface area contributed by atoms with Crippen LogP contribution in [0.4, 0.5) is 26.3 Å². The highest BCUT2D eigenvalue weighted by Crippen LogP contribution is 2.41. The summed E-state index contributed by atoms with van der Waals surface area (Å²) in [6.07, 6.45) is -6.65. The average Bonchev–Trinajstić information content (AvgIpc) is 2.73. The van der Waals surface area contributed by atoms with Crippen LogP contribution in [0, 0.1) is 0 Å². The van der Waals surface area contributed by atoms with Crippen molar-refractivity contribution in [2.24, 2.45) is 5.84 Å². The van der Waals surface area contributed by atoms with E-state index in [2.05, 4.69) is 0 Å². The molecule has 4 nitrogen and oxygen atoms in total. The average molecular weight is 462 g/mol. The lowest BCUT2D eigenvalue weighted by Gasteiger charge is -2.45. The number of nitrogens with two attached hydrogens (primary N) is 1. The molecule has 0 amide bonds. The molecule has 2 aromatic rings. The Hall–Kier alpha value is -2.46. The third-order valence-corrected chi connectivity index (χ3v) is 5.41. The molecule has 2 N–H and O–H groups in total. The van der Waals surface area contributed by atoms with Gasteiger partial charge in [-0.1, -0.05) is 30.3 Å². The number of halogens is 6. The summed E-state index contributed by atoms with van der Waals surface area (Å²) in [4.78, 5) is 0. The molecule has 1 heterocycles. The molecule has 1 unspecified atom stereocenters. The molecule has 2 aromatic carbocycles. The van der Waals surface area contributed by atoms with Crippen molar-refractivity contribution in [3.8, 4) is 11.5 Å². The number of hydrogen-bond acceptors (Lipinski definition) is 4. The van der Waals surface area contributed by atoms with Crippen molar-refractivity contribution >= 4 is 0 Å². The highest BCUT2D eigenvalue weighted by Gasteiger charge is 2.40. The Balaban J connectivity index is 1.99. The van der Waals surface area contributed by atoms with E-state index >= 15 is 0 Å². The van der Waals surface area contributed by atoms with Crippen molar-refractivity contribution < 1.29 is 35.8 Å². The van der Waals surface area contributed by atoms with Crippen LogP contribution in [0.5, 0.6) is 11.5 Å². The second-order valence-electron chi connectivity index (χ2n) is 7.80. The smallest absolute Gasteiger partial charge is 0.422 e. The van der Waals surface area contributed by atoms with Gasteiger partial charge in [0.25, 0.3) is 0 Å². The van der Waals surface area contributed by atoms with Crippen molar-refractivity contribution in [1.82, 2.24) is 5.01 Å². The van der Waals surface area contributed by atoms with Gasteiger partial charge in [0.15, 0.2) is 13.2 Å². The fraction of sp³-hybridized carbons (Fsp3) is 0.455. The third kappa shape index (κ3) is 6.29. The third-order valence-electron chi connectivity index (χ3n) is 5.41. The summed E-state index contributed by atoms with van der Waals surface area (Å²) in [5.41, 5.74) is 0.402. The van der Waals surface area contributed by atoms with Crippen molar-refractivity contribution in [3.63, 3.8) is 0 Å². The van der Waals surface area contributed by atoms with E-state index in [1.165, 1.54) is 12.1 Å². The predicted octanol–water partition coefficient (Wildman–Crippen LogP) is 5.37. The highest BCUT2D eigenvalue weighted by atomic mass is 19.4. The zero-order valence-corrected chi connectivity index (χ0v) is 17.2. The number of nitrogens with zero attached hydrogens (tertiary/aromatic N) is 1. The quantitative estimate of drug-likeness (QED) is 0.444. The van der Waals surface area contributed by atoms with E-state index in [1.807, 2.05) is 30.3 Å². The zero-order chi connectivity index (χ0) is 23.4. The van der Waals surface area contributed by atoms with Crippen LogP contribution in [0.15, 0.2) is 48.5 Å². The Bertz CT molecular complexity index is 888. The molecule has 1 fully saturated rings. The van der Waals surface area contributed by atoms with Gasteiger partial charge in [0.2, 0.25) is 0 Å². The molecule has 1 aliphatic heterocycles. The van der Waals surface area contributed by atoms with Gasteiger partial charge in [-0.05, 0) is 43.0 Å². The number of benzene rings is 2. The minimum Gasteiger partial charge on any atom is -0.484 e. The molecule has 176 valence electrons. The summed E-state index contributed by atoms with van der Waals surface area (Å²) in [6, 6.07) is 12.9. The summed E-state index contributed by atoms with van der Waals surface area (Å²) < 4.78 is 85.8. The minimum absolute atomic E-state index is 0.0732. The summed E-state index contributed by atoms with van der Waals surface area (Å²) in [5, 5.41) is 1.66. The maximum atomic E-state index is 12.8. The van der Waals surface area contributed by atoms with Gasteiger partial charge in [-0.25, -0.2) is 5.01 Å². The maximum Gasteiger partial charge on any atom is 0.422 e. The largest absolute Gasteiger partial charge is 0.484 e. The molecule has 1 atom stereocenters.